The maximum atomic E-state index is 12.8. The average molecular weight is 417 g/mol. The summed E-state index contributed by atoms with van der Waals surface area (Å²) >= 11 is 1.52. The Bertz CT molecular complexity index is 566. The Hall–Kier alpha value is -1.81. The summed E-state index contributed by atoms with van der Waals surface area (Å²) in [6, 6.07) is -3.02. The number of nitrogens with one attached hydrogen (secondary N) is 4. The average Bonchev–Trinajstić information content (AvgIpc) is 3.16. The van der Waals surface area contributed by atoms with Crippen LogP contribution in [0.25, 0.3) is 0 Å². The summed E-state index contributed by atoms with van der Waals surface area (Å²) in [5.41, 5.74) is 0. The molecule has 0 radical (unpaired) electrons. The number of amides is 3. The number of hydrogen-bond donors (Lipinski definition) is 5. The predicted molar refractivity (Wildman–Crippen MR) is 108 cm³/mol. The van der Waals surface area contributed by atoms with Crippen LogP contribution in [0.3, 0.4) is 0 Å². The summed E-state index contributed by atoms with van der Waals surface area (Å²) in [4.78, 5) is 48.6. The highest BCUT2D eigenvalue weighted by atomic mass is 32.2. The molecule has 1 aliphatic rings. The van der Waals surface area contributed by atoms with Gasteiger partial charge < -0.3 is 26.4 Å². The van der Waals surface area contributed by atoms with Gasteiger partial charge in [0.05, 0.1) is 6.04 Å². The van der Waals surface area contributed by atoms with Gasteiger partial charge in [-0.2, -0.15) is 11.8 Å². The zero-order chi connectivity index (χ0) is 21.3. The van der Waals surface area contributed by atoms with Crippen LogP contribution in [0.15, 0.2) is 0 Å². The number of hydrogen-bond acceptors (Lipinski definition) is 6. The minimum absolute atomic E-state index is 0.174. The van der Waals surface area contributed by atoms with Crippen molar-refractivity contribution in [2.45, 2.75) is 64.2 Å². The SMILES string of the molecule is CSCCC(NC(=O)C(NC(=O)C1CCCN1)C(C)C)C(=O)NC(C)C(=O)O. The summed E-state index contributed by atoms with van der Waals surface area (Å²) in [7, 11) is 0. The van der Waals surface area contributed by atoms with E-state index in [0.717, 1.165) is 19.4 Å². The molecule has 5 N–H and O–H groups in total. The number of rotatable bonds is 11. The molecule has 0 saturated carbocycles. The van der Waals surface area contributed by atoms with Crippen LogP contribution >= 0.6 is 11.8 Å². The van der Waals surface area contributed by atoms with Gasteiger partial charge in [0.25, 0.3) is 0 Å². The lowest BCUT2D eigenvalue weighted by atomic mass is 10.0. The van der Waals surface area contributed by atoms with E-state index in [0.29, 0.717) is 12.2 Å². The lowest BCUT2D eigenvalue weighted by Crippen LogP contribution is -2.58. The van der Waals surface area contributed by atoms with Crippen LogP contribution in [0.4, 0.5) is 0 Å². The minimum Gasteiger partial charge on any atom is -0.480 e. The van der Waals surface area contributed by atoms with Crippen molar-refractivity contribution in [1.82, 2.24) is 21.3 Å². The smallest absolute Gasteiger partial charge is 0.325 e. The molecule has 9 nitrogen and oxygen atoms in total. The van der Waals surface area contributed by atoms with Crippen molar-refractivity contribution in [3.05, 3.63) is 0 Å². The summed E-state index contributed by atoms with van der Waals surface area (Å²) in [6.45, 7) is 5.76. The summed E-state index contributed by atoms with van der Waals surface area (Å²) in [6.07, 6.45) is 3.87. The molecular formula is C18H32N4O5S. The number of carboxylic acids is 1. The molecule has 0 aliphatic carbocycles. The normalized spacial score (nSPS) is 19.5. The Kier molecular flexibility index (Phi) is 10.3. The molecule has 10 heteroatoms. The summed E-state index contributed by atoms with van der Waals surface area (Å²) < 4.78 is 0. The fourth-order valence-electron chi connectivity index (χ4n) is 2.84. The third-order valence-electron chi connectivity index (χ3n) is 4.60. The van der Waals surface area contributed by atoms with Crippen molar-refractivity contribution in [2.75, 3.05) is 18.6 Å². The lowest BCUT2D eigenvalue weighted by molar-refractivity contribution is -0.141. The molecule has 1 saturated heterocycles. The van der Waals surface area contributed by atoms with E-state index in [-0.39, 0.29) is 17.9 Å². The topological polar surface area (TPSA) is 137 Å². The van der Waals surface area contributed by atoms with Gasteiger partial charge in [0.15, 0.2) is 0 Å². The second kappa shape index (κ2) is 11.9. The molecule has 1 fully saturated rings. The number of aliphatic carboxylic acids is 1. The van der Waals surface area contributed by atoms with Crippen LogP contribution in [-0.2, 0) is 19.2 Å². The third kappa shape index (κ3) is 7.67. The molecule has 0 aromatic carbocycles. The number of carboxylic acid groups (broad SMARTS) is 1. The largest absolute Gasteiger partial charge is 0.480 e. The quantitative estimate of drug-likeness (QED) is 0.312. The van der Waals surface area contributed by atoms with Crippen molar-refractivity contribution < 1.29 is 24.3 Å². The predicted octanol–water partition coefficient (Wildman–Crippen LogP) is -0.294. The maximum Gasteiger partial charge on any atom is 0.325 e. The lowest BCUT2D eigenvalue weighted by Gasteiger charge is -2.26. The van der Waals surface area contributed by atoms with E-state index < -0.39 is 35.9 Å². The van der Waals surface area contributed by atoms with Crippen LogP contribution in [0.5, 0.6) is 0 Å². The van der Waals surface area contributed by atoms with Crippen LogP contribution in [-0.4, -0.2) is 71.5 Å². The molecule has 160 valence electrons. The van der Waals surface area contributed by atoms with Crippen molar-refractivity contribution in [3.63, 3.8) is 0 Å². The van der Waals surface area contributed by atoms with E-state index >= 15 is 0 Å². The first-order chi connectivity index (χ1) is 13.2. The highest BCUT2D eigenvalue weighted by Crippen LogP contribution is 2.09. The number of thioether (sulfide) groups is 1. The third-order valence-corrected chi connectivity index (χ3v) is 5.24. The molecule has 28 heavy (non-hydrogen) atoms. The molecule has 1 rings (SSSR count). The van der Waals surface area contributed by atoms with Gasteiger partial charge in [-0.3, -0.25) is 19.2 Å². The monoisotopic (exact) mass is 416 g/mol. The van der Waals surface area contributed by atoms with Gasteiger partial charge in [0, 0.05) is 0 Å². The van der Waals surface area contributed by atoms with Gasteiger partial charge in [-0.05, 0) is 50.7 Å². The van der Waals surface area contributed by atoms with E-state index in [1.165, 1.54) is 18.7 Å². The van der Waals surface area contributed by atoms with Crippen molar-refractivity contribution in [1.29, 1.82) is 0 Å². The van der Waals surface area contributed by atoms with E-state index in [1.807, 2.05) is 20.1 Å². The standard InChI is InChI=1S/C18H32N4O5S/c1-10(2)14(22-15(23)12-6-5-8-19-12)17(25)21-13(7-9-28-4)16(24)20-11(3)18(26)27/h10-14,19H,5-9H2,1-4H3,(H,20,24)(H,21,25)(H,22,23)(H,26,27). The molecule has 0 aromatic heterocycles. The Morgan fingerprint density at radius 2 is 1.79 bits per heavy atom. The van der Waals surface area contributed by atoms with Crippen LogP contribution in [0.2, 0.25) is 0 Å². The van der Waals surface area contributed by atoms with Crippen LogP contribution in [0, 0.1) is 5.92 Å². The van der Waals surface area contributed by atoms with E-state index in [9.17, 15) is 19.2 Å². The van der Waals surface area contributed by atoms with Gasteiger partial charge in [-0.15, -0.1) is 0 Å². The second-order valence-corrected chi connectivity index (χ2v) is 8.28. The first-order valence-corrected chi connectivity index (χ1v) is 10.9. The summed E-state index contributed by atoms with van der Waals surface area (Å²) in [5.74, 6) is -1.94. The zero-order valence-electron chi connectivity index (χ0n) is 16.9. The second-order valence-electron chi connectivity index (χ2n) is 7.29. The Morgan fingerprint density at radius 1 is 1.11 bits per heavy atom. The molecule has 1 aliphatic heterocycles. The van der Waals surface area contributed by atoms with Gasteiger partial charge >= 0.3 is 5.97 Å². The van der Waals surface area contributed by atoms with Crippen LogP contribution in [0.1, 0.15) is 40.0 Å². The van der Waals surface area contributed by atoms with Gasteiger partial charge in [-0.25, -0.2) is 0 Å². The fourth-order valence-corrected chi connectivity index (χ4v) is 3.31. The van der Waals surface area contributed by atoms with Gasteiger partial charge in [0.2, 0.25) is 17.7 Å². The van der Waals surface area contributed by atoms with E-state index in [4.69, 9.17) is 5.11 Å². The highest BCUT2D eigenvalue weighted by Gasteiger charge is 2.32. The molecule has 0 bridgehead atoms. The molecule has 0 spiro atoms. The van der Waals surface area contributed by atoms with E-state index in [1.54, 1.807) is 0 Å². The fraction of sp³-hybridized carbons (Fsp3) is 0.778. The molecule has 0 aromatic rings. The summed E-state index contributed by atoms with van der Waals surface area (Å²) in [5, 5.41) is 19.9. The molecule has 1 heterocycles. The molecule has 4 atom stereocenters. The first-order valence-electron chi connectivity index (χ1n) is 9.53. The van der Waals surface area contributed by atoms with Crippen molar-refractivity contribution in [3.8, 4) is 0 Å². The van der Waals surface area contributed by atoms with E-state index in [2.05, 4.69) is 21.3 Å². The molecular weight excluding hydrogens is 384 g/mol. The van der Waals surface area contributed by atoms with Gasteiger partial charge in [-0.1, -0.05) is 13.8 Å². The Balaban J connectivity index is 2.78. The number of carbonyl (C=O) groups excluding carboxylic acids is 3. The van der Waals surface area contributed by atoms with Gasteiger partial charge in [0.1, 0.15) is 18.1 Å². The first kappa shape index (κ1) is 24.2. The Morgan fingerprint density at radius 3 is 2.29 bits per heavy atom. The molecule has 4 unspecified atom stereocenters. The number of carbonyl (C=O) groups is 4. The maximum absolute atomic E-state index is 12.8. The van der Waals surface area contributed by atoms with Crippen molar-refractivity contribution in [2.24, 2.45) is 5.92 Å². The van der Waals surface area contributed by atoms with Crippen molar-refractivity contribution >= 4 is 35.5 Å². The van der Waals surface area contributed by atoms with Crippen LogP contribution < -0.4 is 21.3 Å². The minimum atomic E-state index is -1.15. The Labute approximate surface area is 170 Å². The molecule has 3 amide bonds. The highest BCUT2D eigenvalue weighted by molar-refractivity contribution is 7.98. The zero-order valence-corrected chi connectivity index (χ0v) is 17.7.